The first-order valence-corrected chi connectivity index (χ1v) is 8.53. The number of benzene rings is 4. The van der Waals surface area contributed by atoms with Gasteiger partial charge in [0.25, 0.3) is 0 Å². The minimum atomic E-state index is 0.947. The summed E-state index contributed by atoms with van der Waals surface area (Å²) in [5.41, 5.74) is 4.38. The smallest absolute Gasteiger partial charge is 0.145 e. The van der Waals surface area contributed by atoms with E-state index in [0.29, 0.717) is 0 Å². The molecule has 0 aliphatic rings. The van der Waals surface area contributed by atoms with Crippen LogP contribution in [0.5, 0.6) is 0 Å². The molecule has 118 valence electrons. The van der Waals surface area contributed by atoms with Crippen molar-refractivity contribution in [3.8, 4) is 0 Å². The Morgan fingerprint density at radius 2 is 1.36 bits per heavy atom. The van der Waals surface area contributed by atoms with Crippen LogP contribution in [0.2, 0.25) is 0 Å². The summed E-state index contributed by atoms with van der Waals surface area (Å²) in [5, 5.41) is 7.39. The lowest BCUT2D eigenvalue weighted by Crippen LogP contribution is -1.85. The maximum Gasteiger partial charge on any atom is 0.145 e. The van der Waals surface area contributed by atoms with Gasteiger partial charge in [-0.2, -0.15) is 0 Å². The van der Waals surface area contributed by atoms with Crippen LogP contribution in [0.3, 0.4) is 0 Å². The van der Waals surface area contributed by atoms with Crippen LogP contribution >= 0.6 is 0 Å². The molecule has 6 rings (SSSR count). The SMILES string of the molecule is Cn1c2ccc3ccccc3c2c2c3oc4ccccc4c3ccc21. The van der Waals surface area contributed by atoms with Gasteiger partial charge >= 0.3 is 0 Å². The third kappa shape index (κ3) is 1.54. The normalized spacial score (nSPS) is 12.2. The van der Waals surface area contributed by atoms with Crippen molar-refractivity contribution in [1.82, 2.24) is 4.57 Å². The second kappa shape index (κ2) is 4.42. The molecule has 0 N–H and O–H groups in total. The van der Waals surface area contributed by atoms with Crippen LogP contribution in [-0.4, -0.2) is 4.57 Å². The fourth-order valence-electron chi connectivity index (χ4n) is 4.23. The fourth-order valence-corrected chi connectivity index (χ4v) is 4.23. The van der Waals surface area contributed by atoms with Crippen LogP contribution in [0.25, 0.3) is 54.5 Å². The van der Waals surface area contributed by atoms with Crippen molar-refractivity contribution in [2.75, 3.05) is 0 Å². The van der Waals surface area contributed by atoms with E-state index >= 15 is 0 Å². The first-order valence-electron chi connectivity index (χ1n) is 8.53. The summed E-state index contributed by atoms with van der Waals surface area (Å²) in [4.78, 5) is 0. The average molecular weight is 321 g/mol. The van der Waals surface area contributed by atoms with Crippen LogP contribution in [-0.2, 0) is 7.05 Å². The minimum absolute atomic E-state index is 0.947. The Morgan fingerprint density at radius 3 is 2.28 bits per heavy atom. The van der Waals surface area contributed by atoms with Gasteiger partial charge in [-0.25, -0.2) is 0 Å². The molecule has 4 aromatic carbocycles. The molecule has 0 aliphatic carbocycles. The molecule has 0 atom stereocenters. The number of hydrogen-bond donors (Lipinski definition) is 0. The van der Waals surface area contributed by atoms with Gasteiger partial charge in [-0.3, -0.25) is 0 Å². The van der Waals surface area contributed by atoms with E-state index in [2.05, 4.69) is 72.3 Å². The van der Waals surface area contributed by atoms with Crippen molar-refractivity contribution in [1.29, 1.82) is 0 Å². The summed E-state index contributed by atoms with van der Waals surface area (Å²) in [6.07, 6.45) is 0. The van der Waals surface area contributed by atoms with Crippen molar-refractivity contribution in [2.24, 2.45) is 7.05 Å². The van der Waals surface area contributed by atoms with Crippen molar-refractivity contribution < 1.29 is 4.42 Å². The van der Waals surface area contributed by atoms with Gasteiger partial charge in [0.15, 0.2) is 0 Å². The summed E-state index contributed by atoms with van der Waals surface area (Å²) < 4.78 is 8.59. The average Bonchev–Trinajstić information content (AvgIpc) is 3.18. The fraction of sp³-hybridized carbons (Fsp3) is 0.0435. The Balaban J connectivity index is 2.00. The van der Waals surface area contributed by atoms with Crippen LogP contribution in [0.15, 0.2) is 77.2 Å². The summed E-state index contributed by atoms with van der Waals surface area (Å²) in [5.74, 6) is 0. The Labute approximate surface area is 143 Å². The lowest BCUT2D eigenvalue weighted by Gasteiger charge is -2.01. The molecule has 0 saturated heterocycles. The number of fused-ring (bicyclic) bond motifs is 9. The Hall–Kier alpha value is -3.26. The number of nitrogens with zero attached hydrogens (tertiary/aromatic N) is 1. The van der Waals surface area contributed by atoms with Gasteiger partial charge in [0.1, 0.15) is 11.2 Å². The molecule has 0 aliphatic heterocycles. The standard InChI is InChI=1S/C23H15NO/c1-24-18-12-10-14-6-2-3-7-15(14)21(18)22-19(24)13-11-17-16-8-4-5-9-20(16)25-23(17)22/h2-13H,1H3. The molecular weight excluding hydrogens is 306 g/mol. The van der Waals surface area contributed by atoms with Gasteiger partial charge in [-0.1, -0.05) is 48.5 Å². The number of aryl methyl sites for hydroxylation is 1. The molecule has 0 fully saturated rings. The molecule has 2 nitrogen and oxygen atoms in total. The minimum Gasteiger partial charge on any atom is -0.455 e. The quantitative estimate of drug-likeness (QED) is 0.317. The molecule has 2 heteroatoms. The molecule has 0 bridgehead atoms. The third-order valence-corrected chi connectivity index (χ3v) is 5.40. The lowest BCUT2D eigenvalue weighted by atomic mass is 10.0. The summed E-state index contributed by atoms with van der Waals surface area (Å²) in [6.45, 7) is 0. The Morgan fingerprint density at radius 1 is 0.640 bits per heavy atom. The maximum atomic E-state index is 6.32. The second-order valence-electron chi connectivity index (χ2n) is 6.67. The Kier molecular flexibility index (Phi) is 2.31. The molecule has 2 heterocycles. The highest BCUT2D eigenvalue weighted by atomic mass is 16.3. The van der Waals surface area contributed by atoms with Crippen molar-refractivity contribution in [3.05, 3.63) is 72.8 Å². The van der Waals surface area contributed by atoms with E-state index in [-0.39, 0.29) is 0 Å². The first-order chi connectivity index (χ1) is 12.3. The summed E-state index contributed by atoms with van der Waals surface area (Å²) >= 11 is 0. The molecule has 0 spiro atoms. The molecule has 0 radical (unpaired) electrons. The van der Waals surface area contributed by atoms with E-state index in [9.17, 15) is 0 Å². The van der Waals surface area contributed by atoms with Crippen LogP contribution in [0.4, 0.5) is 0 Å². The van der Waals surface area contributed by atoms with Crippen molar-refractivity contribution in [2.45, 2.75) is 0 Å². The zero-order valence-corrected chi connectivity index (χ0v) is 13.8. The third-order valence-electron chi connectivity index (χ3n) is 5.40. The van der Waals surface area contributed by atoms with Gasteiger partial charge in [0, 0.05) is 28.7 Å². The first kappa shape index (κ1) is 13.1. The molecule has 0 amide bonds. The zero-order chi connectivity index (χ0) is 16.5. The molecule has 25 heavy (non-hydrogen) atoms. The van der Waals surface area contributed by atoms with E-state index in [1.807, 2.05) is 12.1 Å². The van der Waals surface area contributed by atoms with Gasteiger partial charge in [-0.05, 0) is 35.0 Å². The zero-order valence-electron chi connectivity index (χ0n) is 13.8. The van der Waals surface area contributed by atoms with Crippen LogP contribution in [0, 0.1) is 0 Å². The van der Waals surface area contributed by atoms with Gasteiger partial charge in [0.2, 0.25) is 0 Å². The maximum absolute atomic E-state index is 6.32. The molecule has 2 aromatic heterocycles. The highest BCUT2D eigenvalue weighted by molar-refractivity contribution is 6.29. The van der Waals surface area contributed by atoms with E-state index in [0.717, 1.165) is 11.2 Å². The van der Waals surface area contributed by atoms with E-state index in [1.165, 1.54) is 43.4 Å². The predicted octanol–water partition coefficient (Wildman–Crippen LogP) is 6.38. The van der Waals surface area contributed by atoms with Gasteiger partial charge in [0.05, 0.1) is 10.9 Å². The monoisotopic (exact) mass is 321 g/mol. The summed E-state index contributed by atoms with van der Waals surface area (Å²) in [6, 6.07) is 25.7. The Bertz CT molecular complexity index is 1450. The van der Waals surface area contributed by atoms with E-state index in [1.54, 1.807) is 0 Å². The molecular formula is C23H15NO. The van der Waals surface area contributed by atoms with Crippen molar-refractivity contribution in [3.63, 3.8) is 0 Å². The predicted molar refractivity (Wildman–Crippen MR) is 105 cm³/mol. The molecule has 6 aromatic rings. The number of rotatable bonds is 0. The number of para-hydroxylation sites is 1. The largest absolute Gasteiger partial charge is 0.455 e. The van der Waals surface area contributed by atoms with E-state index in [4.69, 9.17) is 4.42 Å². The van der Waals surface area contributed by atoms with Gasteiger partial charge < -0.3 is 8.98 Å². The number of hydrogen-bond acceptors (Lipinski definition) is 1. The van der Waals surface area contributed by atoms with Crippen molar-refractivity contribution >= 4 is 54.5 Å². The van der Waals surface area contributed by atoms with Crippen LogP contribution < -0.4 is 0 Å². The number of aromatic nitrogens is 1. The highest BCUT2D eigenvalue weighted by Crippen LogP contribution is 2.41. The lowest BCUT2D eigenvalue weighted by molar-refractivity contribution is 0.673. The molecule has 0 saturated carbocycles. The van der Waals surface area contributed by atoms with Gasteiger partial charge in [-0.15, -0.1) is 0 Å². The molecule has 0 unspecified atom stereocenters. The van der Waals surface area contributed by atoms with E-state index < -0.39 is 0 Å². The second-order valence-corrected chi connectivity index (χ2v) is 6.67. The highest BCUT2D eigenvalue weighted by Gasteiger charge is 2.17. The number of furan rings is 1. The van der Waals surface area contributed by atoms with Crippen LogP contribution in [0.1, 0.15) is 0 Å². The topological polar surface area (TPSA) is 18.1 Å². The summed E-state index contributed by atoms with van der Waals surface area (Å²) in [7, 11) is 2.13.